The minimum Gasteiger partial charge on any atom is -0.716 e. The molecule has 0 bridgehead atoms. The van der Waals surface area contributed by atoms with Gasteiger partial charge in [-0.25, -0.2) is 21.6 Å². The van der Waals surface area contributed by atoms with E-state index in [1.165, 1.54) is 0 Å². The van der Waals surface area contributed by atoms with Gasteiger partial charge in [0.25, 0.3) is 10.4 Å². The van der Waals surface area contributed by atoms with Gasteiger partial charge in [0.05, 0.1) is 0 Å². The quantitative estimate of drug-likeness (QED) is 0.264. The van der Waals surface area contributed by atoms with Crippen molar-refractivity contribution in [2.45, 2.75) is 0 Å². The lowest BCUT2D eigenvalue weighted by Gasteiger charge is -2.11. The zero-order chi connectivity index (χ0) is 12.7. The van der Waals surface area contributed by atoms with Gasteiger partial charge in [-0.3, -0.25) is 0 Å². The van der Waals surface area contributed by atoms with E-state index in [1.807, 2.05) is 0 Å². The lowest BCUT2D eigenvalue weighted by Crippen LogP contribution is -2.13. The van der Waals surface area contributed by atoms with E-state index >= 15 is 0 Å². The molecule has 10 heteroatoms. The molecule has 0 aliphatic carbocycles. The van der Waals surface area contributed by atoms with Crippen LogP contribution < -0.4 is 4.18 Å². The minimum atomic E-state index is -5.65. The van der Waals surface area contributed by atoms with E-state index in [0.717, 1.165) is 0 Å². The Kier molecular flexibility index (Phi) is 3.06. The van der Waals surface area contributed by atoms with Crippen molar-refractivity contribution >= 4 is 10.4 Å². The first kappa shape index (κ1) is 12.6. The second-order valence-electron chi connectivity index (χ2n) is 2.39. The Morgan fingerprint density at radius 3 is 1.44 bits per heavy atom. The van der Waals surface area contributed by atoms with E-state index in [9.17, 15) is 34.9 Å². The van der Waals surface area contributed by atoms with Crippen molar-refractivity contribution in [2.24, 2.45) is 0 Å². The molecule has 0 atom stereocenters. The Morgan fingerprint density at radius 2 is 1.12 bits per heavy atom. The molecule has 1 aromatic rings. The summed E-state index contributed by atoms with van der Waals surface area (Å²) in [5.41, 5.74) is 0. The van der Waals surface area contributed by atoms with Crippen molar-refractivity contribution in [1.82, 2.24) is 0 Å². The van der Waals surface area contributed by atoms with Gasteiger partial charge < -0.3 is 8.74 Å². The molecular weight excluding hydrogens is 263 g/mol. The Balaban J connectivity index is 3.52. The average molecular weight is 263 g/mol. The fraction of sp³-hybridized carbons (Fsp3) is 0. The molecule has 4 nitrogen and oxygen atoms in total. The van der Waals surface area contributed by atoms with Gasteiger partial charge in [-0.15, -0.1) is 0 Å². The maximum Gasteiger partial charge on any atom is 0.262 e. The molecule has 90 valence electrons. The van der Waals surface area contributed by atoms with E-state index in [2.05, 4.69) is 4.18 Å². The predicted octanol–water partition coefficient (Wildman–Crippen LogP) is 1.22. The summed E-state index contributed by atoms with van der Waals surface area (Å²) >= 11 is 0. The van der Waals surface area contributed by atoms with Crippen molar-refractivity contribution in [2.75, 3.05) is 0 Å². The third-order valence-corrected chi connectivity index (χ3v) is 1.73. The van der Waals surface area contributed by atoms with Crippen LogP contribution in [0.2, 0.25) is 0 Å². The summed E-state index contributed by atoms with van der Waals surface area (Å²) in [5, 5.41) is 0. The van der Waals surface area contributed by atoms with E-state index in [4.69, 9.17) is 0 Å². The number of halogens is 5. The monoisotopic (exact) mass is 263 g/mol. The highest BCUT2D eigenvalue weighted by Crippen LogP contribution is 2.29. The van der Waals surface area contributed by atoms with Gasteiger partial charge in [-0.05, 0) is 0 Å². The Morgan fingerprint density at radius 1 is 0.812 bits per heavy atom. The first-order valence-electron chi connectivity index (χ1n) is 3.32. The smallest absolute Gasteiger partial charge is 0.262 e. The largest absolute Gasteiger partial charge is 0.716 e. The zero-order valence-electron chi connectivity index (χ0n) is 6.93. The van der Waals surface area contributed by atoms with E-state index in [0.29, 0.717) is 0 Å². The Labute approximate surface area is 85.2 Å². The van der Waals surface area contributed by atoms with Crippen molar-refractivity contribution in [3.63, 3.8) is 0 Å². The molecule has 0 fully saturated rings. The van der Waals surface area contributed by atoms with Crippen LogP contribution in [0.1, 0.15) is 0 Å². The molecule has 0 aliphatic rings. The molecular formula is C6F5O4S-. The molecule has 0 heterocycles. The zero-order valence-corrected chi connectivity index (χ0v) is 7.75. The van der Waals surface area contributed by atoms with Crippen molar-refractivity contribution < 1.29 is 39.1 Å². The van der Waals surface area contributed by atoms with Crippen molar-refractivity contribution in [3.8, 4) is 5.75 Å². The van der Waals surface area contributed by atoms with E-state index in [1.54, 1.807) is 0 Å². The maximum absolute atomic E-state index is 12.7. The fourth-order valence-corrected chi connectivity index (χ4v) is 1.11. The summed E-state index contributed by atoms with van der Waals surface area (Å²) in [6, 6.07) is 0. The highest BCUT2D eigenvalue weighted by Gasteiger charge is 2.28. The highest BCUT2D eigenvalue weighted by atomic mass is 32.3. The van der Waals surface area contributed by atoms with E-state index in [-0.39, 0.29) is 0 Å². The van der Waals surface area contributed by atoms with Gasteiger partial charge in [0, 0.05) is 0 Å². The molecule has 0 saturated carbocycles. The first-order valence-corrected chi connectivity index (χ1v) is 4.65. The van der Waals surface area contributed by atoms with Gasteiger partial charge in [0.1, 0.15) is 0 Å². The lowest BCUT2D eigenvalue weighted by molar-refractivity contribution is 0.321. The van der Waals surface area contributed by atoms with Crippen LogP contribution in [0.4, 0.5) is 22.0 Å². The topological polar surface area (TPSA) is 66.4 Å². The second kappa shape index (κ2) is 3.87. The number of benzene rings is 1. The minimum absolute atomic E-state index is 2.16. The predicted molar refractivity (Wildman–Crippen MR) is 36.6 cm³/mol. The fourth-order valence-electron chi connectivity index (χ4n) is 0.760. The van der Waals surface area contributed by atoms with E-state index < -0.39 is 45.2 Å². The summed E-state index contributed by atoms with van der Waals surface area (Å²) in [6.45, 7) is 0. The van der Waals surface area contributed by atoms with Gasteiger partial charge >= 0.3 is 0 Å². The molecule has 0 saturated heterocycles. The third-order valence-electron chi connectivity index (χ3n) is 1.35. The lowest BCUT2D eigenvalue weighted by atomic mass is 10.3. The number of hydrogen-bond donors (Lipinski definition) is 0. The van der Waals surface area contributed by atoms with Crippen LogP contribution in [0.5, 0.6) is 5.75 Å². The van der Waals surface area contributed by atoms with Crippen LogP contribution in [-0.2, 0) is 10.4 Å². The van der Waals surface area contributed by atoms with Crippen molar-refractivity contribution in [1.29, 1.82) is 0 Å². The van der Waals surface area contributed by atoms with Crippen LogP contribution in [0.15, 0.2) is 0 Å². The molecule has 1 rings (SSSR count). The van der Waals surface area contributed by atoms with Gasteiger partial charge in [-0.2, -0.15) is 8.78 Å². The van der Waals surface area contributed by atoms with Crippen LogP contribution in [0.25, 0.3) is 0 Å². The van der Waals surface area contributed by atoms with Crippen LogP contribution in [0, 0.1) is 29.1 Å². The second-order valence-corrected chi connectivity index (χ2v) is 3.37. The molecule has 1 aromatic carbocycles. The van der Waals surface area contributed by atoms with Crippen LogP contribution in [-0.4, -0.2) is 13.0 Å². The summed E-state index contributed by atoms with van der Waals surface area (Å²) in [5.74, 6) is -14.6. The van der Waals surface area contributed by atoms with Gasteiger partial charge in [0.2, 0.25) is 34.8 Å². The maximum atomic E-state index is 12.7. The highest BCUT2D eigenvalue weighted by molar-refractivity contribution is 7.81. The Bertz CT molecular complexity index is 511. The van der Waals surface area contributed by atoms with Gasteiger partial charge in [-0.1, -0.05) is 0 Å². The van der Waals surface area contributed by atoms with Crippen LogP contribution in [0.3, 0.4) is 0 Å². The molecule has 0 aromatic heterocycles. The Hall–Kier alpha value is -1.42. The first-order chi connectivity index (χ1) is 7.15. The molecule has 0 N–H and O–H groups in total. The van der Waals surface area contributed by atoms with Crippen LogP contribution >= 0.6 is 0 Å². The molecule has 0 radical (unpaired) electrons. The number of rotatable bonds is 2. The summed E-state index contributed by atoms with van der Waals surface area (Å²) in [4.78, 5) is 0. The molecule has 0 aliphatic heterocycles. The summed E-state index contributed by atoms with van der Waals surface area (Å²) < 4.78 is 95.7. The summed E-state index contributed by atoms with van der Waals surface area (Å²) in [6.07, 6.45) is 0. The van der Waals surface area contributed by atoms with Crippen molar-refractivity contribution in [3.05, 3.63) is 29.1 Å². The normalized spacial score (nSPS) is 11.6. The van der Waals surface area contributed by atoms with Gasteiger partial charge in [0.15, 0.2) is 0 Å². The average Bonchev–Trinajstić information content (AvgIpc) is 2.17. The molecule has 0 unspecified atom stereocenters. The SMILES string of the molecule is O=S(=O)([O-])Oc1c(F)c(F)c(F)c(F)c1F. The molecule has 16 heavy (non-hydrogen) atoms. The third kappa shape index (κ3) is 2.22. The molecule has 0 spiro atoms. The number of hydrogen-bond acceptors (Lipinski definition) is 4. The molecule has 0 amide bonds. The summed E-state index contributed by atoms with van der Waals surface area (Å²) in [7, 11) is -5.65. The standard InChI is InChI=1S/C6HF5O4S/c7-1-2(8)4(10)6(5(11)3(1)9)15-16(12,13)14/h(H,12,13,14)/p-1.